The fourth-order valence-corrected chi connectivity index (χ4v) is 2.17. The zero-order valence-corrected chi connectivity index (χ0v) is 10.8. The molecule has 0 unspecified atom stereocenters. The van der Waals surface area contributed by atoms with Gasteiger partial charge in [-0.25, -0.2) is 4.39 Å². The minimum Gasteiger partial charge on any atom is -0.380 e. The highest BCUT2D eigenvalue weighted by Gasteiger charge is 2.19. The van der Waals surface area contributed by atoms with Crippen molar-refractivity contribution in [1.82, 2.24) is 10.1 Å². The van der Waals surface area contributed by atoms with Gasteiger partial charge in [-0.1, -0.05) is 5.16 Å². The standard InChI is InChI=1S/C15H12FN3O/c1-9-8-11(16)2-3-12(9)14-13(15(17)19-20-14)10-4-6-18-7-5-10/h2-8H,1H3,(H2,17,19). The molecule has 0 bridgehead atoms. The second-order valence-electron chi connectivity index (χ2n) is 4.47. The Hall–Kier alpha value is -2.69. The minimum atomic E-state index is -0.288. The lowest BCUT2D eigenvalue weighted by Gasteiger charge is -2.05. The normalized spacial score (nSPS) is 10.7. The quantitative estimate of drug-likeness (QED) is 0.774. The maximum Gasteiger partial charge on any atom is 0.177 e. The summed E-state index contributed by atoms with van der Waals surface area (Å²) in [5.41, 5.74) is 8.97. The van der Waals surface area contributed by atoms with Crippen molar-refractivity contribution in [2.75, 3.05) is 5.73 Å². The second kappa shape index (κ2) is 4.77. The zero-order chi connectivity index (χ0) is 14.1. The van der Waals surface area contributed by atoms with Gasteiger partial charge in [0.05, 0.1) is 5.56 Å². The Morgan fingerprint density at radius 2 is 1.90 bits per heavy atom. The lowest BCUT2D eigenvalue weighted by Crippen LogP contribution is -1.90. The third-order valence-electron chi connectivity index (χ3n) is 3.12. The molecule has 20 heavy (non-hydrogen) atoms. The van der Waals surface area contributed by atoms with E-state index in [0.29, 0.717) is 17.1 Å². The zero-order valence-electron chi connectivity index (χ0n) is 10.8. The van der Waals surface area contributed by atoms with Crippen LogP contribution in [0.15, 0.2) is 47.2 Å². The first-order chi connectivity index (χ1) is 9.66. The van der Waals surface area contributed by atoms with Crippen molar-refractivity contribution in [3.8, 4) is 22.5 Å². The molecule has 0 spiro atoms. The Labute approximate surface area is 115 Å². The van der Waals surface area contributed by atoms with Gasteiger partial charge in [-0.3, -0.25) is 4.98 Å². The summed E-state index contributed by atoms with van der Waals surface area (Å²) in [6, 6.07) is 8.15. The lowest BCUT2D eigenvalue weighted by atomic mass is 9.99. The van der Waals surface area contributed by atoms with E-state index in [-0.39, 0.29) is 5.82 Å². The first-order valence-electron chi connectivity index (χ1n) is 6.09. The van der Waals surface area contributed by atoms with Crippen LogP contribution in [-0.4, -0.2) is 10.1 Å². The molecule has 3 aromatic rings. The van der Waals surface area contributed by atoms with Crippen molar-refractivity contribution in [2.45, 2.75) is 6.92 Å². The van der Waals surface area contributed by atoms with Crippen molar-refractivity contribution in [1.29, 1.82) is 0 Å². The van der Waals surface area contributed by atoms with Gasteiger partial charge in [0, 0.05) is 18.0 Å². The molecular weight excluding hydrogens is 257 g/mol. The SMILES string of the molecule is Cc1cc(F)ccc1-c1onc(N)c1-c1ccncc1. The van der Waals surface area contributed by atoms with Crippen LogP contribution >= 0.6 is 0 Å². The summed E-state index contributed by atoms with van der Waals surface area (Å²) >= 11 is 0. The summed E-state index contributed by atoms with van der Waals surface area (Å²) in [5, 5.41) is 3.82. The molecule has 0 radical (unpaired) electrons. The first kappa shape index (κ1) is 12.3. The molecule has 4 nitrogen and oxygen atoms in total. The van der Waals surface area contributed by atoms with Crippen LogP contribution in [0.25, 0.3) is 22.5 Å². The number of nitrogen functional groups attached to an aromatic ring is 1. The average Bonchev–Trinajstić information content (AvgIpc) is 2.81. The van der Waals surface area contributed by atoms with Gasteiger partial charge in [0.15, 0.2) is 11.6 Å². The molecular formula is C15H12FN3O. The van der Waals surface area contributed by atoms with E-state index in [1.807, 2.05) is 19.1 Å². The van der Waals surface area contributed by atoms with Gasteiger partial charge in [0.25, 0.3) is 0 Å². The molecule has 0 aliphatic heterocycles. The number of halogens is 1. The van der Waals surface area contributed by atoms with E-state index in [0.717, 1.165) is 16.7 Å². The highest BCUT2D eigenvalue weighted by molar-refractivity contribution is 5.87. The van der Waals surface area contributed by atoms with E-state index in [1.54, 1.807) is 18.5 Å². The van der Waals surface area contributed by atoms with Gasteiger partial charge >= 0.3 is 0 Å². The molecule has 5 heteroatoms. The third kappa shape index (κ3) is 2.03. The maximum absolute atomic E-state index is 13.2. The number of aromatic nitrogens is 2. The van der Waals surface area contributed by atoms with E-state index < -0.39 is 0 Å². The number of benzene rings is 1. The Balaban J connectivity index is 2.21. The Kier molecular flexibility index (Phi) is 2.95. The van der Waals surface area contributed by atoms with Crippen molar-refractivity contribution in [3.05, 3.63) is 54.1 Å². The number of aryl methyl sites for hydroxylation is 1. The summed E-state index contributed by atoms with van der Waals surface area (Å²) < 4.78 is 18.6. The van der Waals surface area contributed by atoms with Crippen molar-refractivity contribution in [2.24, 2.45) is 0 Å². The van der Waals surface area contributed by atoms with E-state index in [4.69, 9.17) is 10.3 Å². The van der Waals surface area contributed by atoms with Crippen LogP contribution in [0.2, 0.25) is 0 Å². The number of anilines is 1. The summed E-state index contributed by atoms with van der Waals surface area (Å²) in [6.07, 6.45) is 3.34. The largest absolute Gasteiger partial charge is 0.380 e. The summed E-state index contributed by atoms with van der Waals surface area (Å²) in [7, 11) is 0. The summed E-state index contributed by atoms with van der Waals surface area (Å²) in [5.74, 6) is 0.547. The molecule has 0 atom stereocenters. The number of pyridine rings is 1. The molecule has 1 aromatic carbocycles. The highest BCUT2D eigenvalue weighted by atomic mass is 19.1. The number of hydrogen-bond donors (Lipinski definition) is 1. The molecule has 0 amide bonds. The molecule has 0 aliphatic carbocycles. The molecule has 2 aromatic heterocycles. The number of rotatable bonds is 2. The molecule has 0 aliphatic rings. The topological polar surface area (TPSA) is 64.9 Å². The van der Waals surface area contributed by atoms with Crippen LogP contribution in [0.3, 0.4) is 0 Å². The Morgan fingerprint density at radius 3 is 2.60 bits per heavy atom. The smallest absolute Gasteiger partial charge is 0.177 e. The lowest BCUT2D eigenvalue weighted by molar-refractivity contribution is 0.436. The molecule has 0 fully saturated rings. The van der Waals surface area contributed by atoms with Gasteiger partial charge in [-0.2, -0.15) is 0 Å². The van der Waals surface area contributed by atoms with Gasteiger partial charge in [0.1, 0.15) is 5.82 Å². The molecule has 0 saturated heterocycles. The van der Waals surface area contributed by atoms with Gasteiger partial charge in [-0.05, 0) is 48.4 Å². The third-order valence-corrected chi connectivity index (χ3v) is 3.12. The number of hydrogen-bond acceptors (Lipinski definition) is 4. The van der Waals surface area contributed by atoms with Crippen molar-refractivity contribution in [3.63, 3.8) is 0 Å². The van der Waals surface area contributed by atoms with Gasteiger partial charge < -0.3 is 10.3 Å². The Bertz CT molecular complexity index is 753. The highest BCUT2D eigenvalue weighted by Crippen LogP contribution is 2.37. The van der Waals surface area contributed by atoms with Crippen molar-refractivity contribution >= 4 is 5.82 Å². The summed E-state index contributed by atoms with van der Waals surface area (Å²) in [4.78, 5) is 3.98. The average molecular weight is 269 g/mol. The number of nitrogens with zero attached hydrogens (tertiary/aromatic N) is 2. The van der Waals surface area contributed by atoms with Crippen LogP contribution < -0.4 is 5.73 Å². The molecule has 3 rings (SSSR count). The first-order valence-corrected chi connectivity index (χ1v) is 6.09. The van der Waals surface area contributed by atoms with Gasteiger partial charge in [-0.15, -0.1) is 0 Å². The van der Waals surface area contributed by atoms with Crippen LogP contribution in [0.4, 0.5) is 10.2 Å². The molecule has 2 heterocycles. The monoisotopic (exact) mass is 269 g/mol. The van der Waals surface area contributed by atoms with E-state index in [2.05, 4.69) is 10.1 Å². The van der Waals surface area contributed by atoms with Crippen LogP contribution in [-0.2, 0) is 0 Å². The fourth-order valence-electron chi connectivity index (χ4n) is 2.17. The van der Waals surface area contributed by atoms with Crippen LogP contribution in [0, 0.1) is 12.7 Å². The number of nitrogens with two attached hydrogens (primary N) is 1. The fraction of sp³-hybridized carbons (Fsp3) is 0.0667. The molecule has 0 saturated carbocycles. The maximum atomic E-state index is 13.2. The van der Waals surface area contributed by atoms with E-state index in [1.165, 1.54) is 12.1 Å². The predicted octanol–water partition coefficient (Wildman–Crippen LogP) is 3.43. The van der Waals surface area contributed by atoms with Gasteiger partial charge in [0.2, 0.25) is 0 Å². The minimum absolute atomic E-state index is 0.288. The predicted molar refractivity (Wildman–Crippen MR) is 74.3 cm³/mol. The molecule has 100 valence electrons. The van der Waals surface area contributed by atoms with Crippen LogP contribution in [0.1, 0.15) is 5.56 Å². The Morgan fingerprint density at radius 1 is 1.15 bits per heavy atom. The van der Waals surface area contributed by atoms with E-state index >= 15 is 0 Å². The van der Waals surface area contributed by atoms with E-state index in [9.17, 15) is 4.39 Å². The van der Waals surface area contributed by atoms with Crippen LogP contribution in [0.5, 0.6) is 0 Å². The summed E-state index contributed by atoms with van der Waals surface area (Å²) in [6.45, 7) is 1.81. The molecule has 2 N–H and O–H groups in total. The van der Waals surface area contributed by atoms with Crippen molar-refractivity contribution < 1.29 is 8.91 Å². The second-order valence-corrected chi connectivity index (χ2v) is 4.47.